The molecule has 54 valence electrons. The number of ketones is 1. The van der Waals surface area contributed by atoms with Crippen LogP contribution in [0.15, 0.2) is 0 Å². The summed E-state index contributed by atoms with van der Waals surface area (Å²) in [7, 11) is 1.76. The zero-order chi connectivity index (χ0) is 7.44. The molecule has 0 aliphatic rings. The van der Waals surface area contributed by atoms with E-state index in [1.54, 1.807) is 14.0 Å². The monoisotopic (exact) mass is 147 g/mol. The summed E-state index contributed by atoms with van der Waals surface area (Å²) in [6.07, 6.45) is 0. The third-order valence-electron chi connectivity index (χ3n) is 1.23. The van der Waals surface area contributed by atoms with E-state index in [1.165, 1.54) is 0 Å². The van der Waals surface area contributed by atoms with Crippen LogP contribution in [0.1, 0.15) is 13.8 Å². The Morgan fingerprint density at radius 3 is 2.11 bits per heavy atom. The van der Waals surface area contributed by atoms with Gasteiger partial charge in [0.1, 0.15) is 5.78 Å². The van der Waals surface area contributed by atoms with Crippen LogP contribution < -0.4 is 5.32 Å². The van der Waals surface area contributed by atoms with Crippen molar-refractivity contribution in [3.63, 3.8) is 0 Å². The maximum Gasteiger partial charge on any atom is 0.147 e. The number of carbonyl (C=O) groups is 1. The van der Waals surface area contributed by atoms with Crippen LogP contribution in [0, 0.1) is 0 Å². The number of Topliss-reactive ketones (excluding diaryl/α,β-unsaturated/α-hetero) is 1. The lowest BCUT2D eigenvalue weighted by Crippen LogP contribution is -2.38. The van der Waals surface area contributed by atoms with Gasteiger partial charge in [0, 0.05) is 5.25 Å². The van der Waals surface area contributed by atoms with Gasteiger partial charge in [-0.3, -0.25) is 4.79 Å². The summed E-state index contributed by atoms with van der Waals surface area (Å²) in [6.45, 7) is 3.46. The molecule has 0 heterocycles. The van der Waals surface area contributed by atoms with E-state index < -0.39 is 0 Å². The van der Waals surface area contributed by atoms with Gasteiger partial charge in [-0.2, -0.15) is 12.6 Å². The fraction of sp³-hybridized carbons (Fsp3) is 0.833. The molecule has 0 rings (SSSR count). The van der Waals surface area contributed by atoms with E-state index >= 15 is 0 Å². The normalized spacial score (nSPS) is 16.9. The Bertz CT molecular complexity index is 103. The van der Waals surface area contributed by atoms with Gasteiger partial charge in [-0.15, -0.1) is 0 Å². The highest BCUT2D eigenvalue weighted by Crippen LogP contribution is 2.00. The summed E-state index contributed by atoms with van der Waals surface area (Å²) in [5.41, 5.74) is 0. The number of hydrogen-bond acceptors (Lipinski definition) is 3. The fourth-order valence-corrected chi connectivity index (χ4v) is 1.14. The molecule has 3 heteroatoms. The molecule has 0 saturated carbocycles. The molecule has 0 aromatic rings. The molecule has 1 unspecified atom stereocenters. The van der Waals surface area contributed by atoms with Crippen LogP contribution in [0.3, 0.4) is 0 Å². The Hall–Kier alpha value is -0.0200. The Morgan fingerprint density at radius 2 is 2.11 bits per heavy atom. The smallest absolute Gasteiger partial charge is 0.147 e. The van der Waals surface area contributed by atoms with Crippen molar-refractivity contribution in [3.05, 3.63) is 0 Å². The number of rotatable bonds is 3. The summed E-state index contributed by atoms with van der Waals surface area (Å²) < 4.78 is 0. The number of thiol groups is 1. The predicted octanol–water partition coefficient (Wildman–Crippen LogP) is 0.482. The van der Waals surface area contributed by atoms with Crippen molar-refractivity contribution in [2.45, 2.75) is 25.1 Å². The van der Waals surface area contributed by atoms with Crippen LogP contribution >= 0.6 is 12.6 Å². The highest BCUT2D eigenvalue weighted by molar-refractivity contribution is 7.81. The minimum Gasteiger partial charge on any atom is -0.310 e. The number of nitrogens with one attached hydrogen (secondary N) is 1. The maximum absolute atomic E-state index is 10.7. The summed E-state index contributed by atoms with van der Waals surface area (Å²) in [5.74, 6) is 0.139. The quantitative estimate of drug-likeness (QED) is 0.569. The van der Waals surface area contributed by atoms with E-state index in [0.717, 1.165) is 0 Å². The second-order valence-electron chi connectivity index (χ2n) is 2.12. The number of likely N-dealkylation sites (N-methyl/N-ethyl adjacent to an activating group) is 1. The zero-order valence-electron chi connectivity index (χ0n) is 6.01. The standard InChI is InChI=1S/C6H13NOS/c1-4(8)6(7-3)5(2)9/h5-7,9H,1-3H3/t5-,6?/m1/s1. The summed E-state index contributed by atoms with van der Waals surface area (Å²) >= 11 is 4.13. The maximum atomic E-state index is 10.7. The minimum absolute atomic E-state index is 0.0903. The first-order valence-electron chi connectivity index (χ1n) is 2.95. The van der Waals surface area contributed by atoms with Crippen molar-refractivity contribution in [1.82, 2.24) is 5.32 Å². The molecule has 0 amide bonds. The molecule has 1 N–H and O–H groups in total. The van der Waals surface area contributed by atoms with Crippen LogP contribution in [0.25, 0.3) is 0 Å². The molecule has 2 atom stereocenters. The number of hydrogen-bond donors (Lipinski definition) is 2. The van der Waals surface area contributed by atoms with Crippen LogP contribution in [-0.2, 0) is 4.79 Å². The molecule has 0 radical (unpaired) electrons. The average Bonchev–Trinajstić information content (AvgIpc) is 1.64. The van der Waals surface area contributed by atoms with Gasteiger partial charge in [0.25, 0.3) is 0 Å². The van der Waals surface area contributed by atoms with Crippen LogP contribution in [-0.4, -0.2) is 24.1 Å². The molecule has 2 nitrogen and oxygen atoms in total. The van der Waals surface area contributed by atoms with Crippen molar-refractivity contribution in [2.75, 3.05) is 7.05 Å². The Morgan fingerprint density at radius 1 is 1.67 bits per heavy atom. The molecule has 0 bridgehead atoms. The number of carbonyl (C=O) groups excluding carboxylic acids is 1. The molecular formula is C6H13NOS. The lowest BCUT2D eigenvalue weighted by atomic mass is 10.1. The molecule has 0 aliphatic carbocycles. The SMILES string of the molecule is CNC(C(C)=O)[C@@H](C)S. The van der Waals surface area contributed by atoms with Gasteiger partial charge in [0.15, 0.2) is 0 Å². The minimum atomic E-state index is -0.103. The van der Waals surface area contributed by atoms with Gasteiger partial charge in [0.05, 0.1) is 6.04 Å². The second kappa shape index (κ2) is 3.90. The lowest BCUT2D eigenvalue weighted by molar-refractivity contribution is -0.118. The molecule has 0 fully saturated rings. The molecular weight excluding hydrogens is 134 g/mol. The molecule has 0 saturated heterocycles. The third-order valence-corrected chi connectivity index (χ3v) is 1.53. The van der Waals surface area contributed by atoms with Gasteiger partial charge in [-0.25, -0.2) is 0 Å². The predicted molar refractivity (Wildman–Crippen MR) is 42.0 cm³/mol. The average molecular weight is 147 g/mol. The van der Waals surface area contributed by atoms with Crippen LogP contribution in [0.5, 0.6) is 0 Å². The van der Waals surface area contributed by atoms with Crippen LogP contribution in [0.4, 0.5) is 0 Å². The first-order valence-corrected chi connectivity index (χ1v) is 3.47. The summed E-state index contributed by atoms with van der Waals surface area (Å²) in [5, 5.41) is 2.97. The van der Waals surface area contributed by atoms with E-state index in [2.05, 4.69) is 17.9 Å². The summed E-state index contributed by atoms with van der Waals surface area (Å²) in [6, 6.07) is -0.103. The Labute approximate surface area is 61.4 Å². The molecule has 0 spiro atoms. The van der Waals surface area contributed by atoms with Gasteiger partial charge in [-0.05, 0) is 14.0 Å². The van der Waals surface area contributed by atoms with E-state index in [-0.39, 0.29) is 17.1 Å². The van der Waals surface area contributed by atoms with Crippen molar-refractivity contribution >= 4 is 18.4 Å². The van der Waals surface area contributed by atoms with E-state index in [0.29, 0.717) is 0 Å². The highest BCUT2D eigenvalue weighted by atomic mass is 32.1. The third kappa shape index (κ3) is 2.87. The van der Waals surface area contributed by atoms with Gasteiger partial charge in [-0.1, -0.05) is 6.92 Å². The molecule has 0 aromatic carbocycles. The topological polar surface area (TPSA) is 29.1 Å². The van der Waals surface area contributed by atoms with E-state index in [1.807, 2.05) is 6.92 Å². The molecule has 0 aliphatic heterocycles. The van der Waals surface area contributed by atoms with Gasteiger partial charge < -0.3 is 5.32 Å². The van der Waals surface area contributed by atoms with Crippen molar-refractivity contribution in [1.29, 1.82) is 0 Å². The molecule has 9 heavy (non-hydrogen) atoms. The fourth-order valence-electron chi connectivity index (χ4n) is 0.784. The van der Waals surface area contributed by atoms with Gasteiger partial charge >= 0.3 is 0 Å². The summed E-state index contributed by atoms with van der Waals surface area (Å²) in [4.78, 5) is 10.7. The van der Waals surface area contributed by atoms with Crippen molar-refractivity contribution in [2.24, 2.45) is 0 Å². The highest BCUT2D eigenvalue weighted by Gasteiger charge is 2.15. The first-order chi connectivity index (χ1) is 4.09. The first kappa shape index (κ1) is 8.98. The van der Waals surface area contributed by atoms with Crippen LogP contribution in [0.2, 0.25) is 0 Å². The van der Waals surface area contributed by atoms with Gasteiger partial charge in [0.2, 0.25) is 0 Å². The van der Waals surface area contributed by atoms with Crippen molar-refractivity contribution in [3.8, 4) is 0 Å². The Balaban J connectivity index is 3.83. The largest absolute Gasteiger partial charge is 0.310 e. The second-order valence-corrected chi connectivity index (χ2v) is 2.93. The molecule has 0 aromatic heterocycles. The van der Waals surface area contributed by atoms with E-state index in [9.17, 15) is 4.79 Å². The van der Waals surface area contributed by atoms with Crippen molar-refractivity contribution < 1.29 is 4.79 Å². The zero-order valence-corrected chi connectivity index (χ0v) is 6.90. The lowest BCUT2D eigenvalue weighted by Gasteiger charge is -2.14. The van der Waals surface area contributed by atoms with E-state index in [4.69, 9.17) is 0 Å². The Kier molecular flexibility index (Phi) is 3.89.